The topological polar surface area (TPSA) is 26.3 Å². The minimum atomic E-state index is -0.124. The second-order valence-electron chi connectivity index (χ2n) is 5.70. The van der Waals surface area contributed by atoms with E-state index in [0.717, 1.165) is 24.4 Å². The molecule has 0 bridgehead atoms. The van der Waals surface area contributed by atoms with Gasteiger partial charge in [-0.1, -0.05) is 44.2 Å². The standard InChI is InChI=1S/C15H29ClNO2.BrH/c1-5-6-7-8-9-12-19-15(18)13-17(3,4)11-10-14(2)16;/h10H,5-9,11-13H2,1-4H3;1H/q+1;/p-1. The third-order valence-corrected chi connectivity index (χ3v) is 3.09. The molecule has 0 saturated carbocycles. The van der Waals surface area contributed by atoms with Gasteiger partial charge in [-0.05, 0) is 19.4 Å². The molecule has 0 aliphatic rings. The molecule has 0 rings (SSSR count). The van der Waals surface area contributed by atoms with E-state index in [2.05, 4.69) is 6.92 Å². The summed E-state index contributed by atoms with van der Waals surface area (Å²) in [4.78, 5) is 11.7. The zero-order chi connectivity index (χ0) is 14.7. The van der Waals surface area contributed by atoms with Crippen LogP contribution in [0.15, 0.2) is 11.1 Å². The Morgan fingerprint density at radius 2 is 1.80 bits per heavy atom. The Balaban J connectivity index is 0. The zero-order valence-corrected chi connectivity index (χ0v) is 15.6. The van der Waals surface area contributed by atoms with Crippen LogP contribution in [0.4, 0.5) is 0 Å². The Kier molecular flexibility index (Phi) is 14.1. The van der Waals surface area contributed by atoms with Crippen molar-refractivity contribution in [1.29, 1.82) is 0 Å². The first kappa shape index (κ1) is 22.2. The largest absolute Gasteiger partial charge is 1.00 e. The molecule has 0 spiro atoms. The van der Waals surface area contributed by atoms with E-state index in [1.165, 1.54) is 19.3 Å². The van der Waals surface area contributed by atoms with E-state index in [1.54, 1.807) is 0 Å². The Morgan fingerprint density at radius 1 is 1.20 bits per heavy atom. The Bertz CT molecular complexity index is 290. The highest BCUT2D eigenvalue weighted by Crippen LogP contribution is 2.05. The van der Waals surface area contributed by atoms with Crippen LogP contribution in [0.1, 0.15) is 46.0 Å². The highest BCUT2D eigenvalue weighted by Gasteiger charge is 2.19. The van der Waals surface area contributed by atoms with Crippen molar-refractivity contribution in [3.8, 4) is 0 Å². The molecule has 0 aliphatic heterocycles. The van der Waals surface area contributed by atoms with Crippen molar-refractivity contribution in [3.63, 3.8) is 0 Å². The molecule has 3 nitrogen and oxygen atoms in total. The van der Waals surface area contributed by atoms with Crippen LogP contribution in [0.5, 0.6) is 0 Å². The third-order valence-electron chi connectivity index (χ3n) is 2.93. The summed E-state index contributed by atoms with van der Waals surface area (Å²) < 4.78 is 5.82. The molecule has 0 amide bonds. The molecule has 20 heavy (non-hydrogen) atoms. The van der Waals surface area contributed by atoms with Crippen LogP contribution in [0.3, 0.4) is 0 Å². The van der Waals surface area contributed by atoms with Crippen molar-refractivity contribution in [1.82, 2.24) is 0 Å². The maximum atomic E-state index is 11.7. The van der Waals surface area contributed by atoms with Crippen LogP contribution < -0.4 is 17.0 Å². The van der Waals surface area contributed by atoms with Gasteiger partial charge in [0.1, 0.15) is 0 Å². The smallest absolute Gasteiger partial charge is 0.361 e. The second-order valence-corrected chi connectivity index (χ2v) is 6.30. The Morgan fingerprint density at radius 3 is 2.35 bits per heavy atom. The number of carbonyl (C=O) groups is 1. The summed E-state index contributed by atoms with van der Waals surface area (Å²) in [7, 11) is 4.00. The van der Waals surface area contributed by atoms with Gasteiger partial charge in [-0.25, -0.2) is 4.79 Å². The molecule has 0 heterocycles. The van der Waals surface area contributed by atoms with E-state index in [-0.39, 0.29) is 23.0 Å². The van der Waals surface area contributed by atoms with Crippen molar-refractivity contribution in [3.05, 3.63) is 11.1 Å². The van der Waals surface area contributed by atoms with Crippen LogP contribution >= 0.6 is 11.6 Å². The van der Waals surface area contributed by atoms with Crippen LogP contribution in [0.2, 0.25) is 0 Å². The van der Waals surface area contributed by atoms with Crippen LogP contribution in [-0.4, -0.2) is 44.2 Å². The molecule has 0 saturated heterocycles. The fraction of sp³-hybridized carbons (Fsp3) is 0.800. The number of allylic oxidation sites excluding steroid dienone is 1. The summed E-state index contributed by atoms with van der Waals surface area (Å²) in [6.45, 7) is 5.71. The third kappa shape index (κ3) is 14.4. The van der Waals surface area contributed by atoms with Gasteiger partial charge in [0.25, 0.3) is 0 Å². The molecule has 0 unspecified atom stereocenters. The first-order chi connectivity index (χ1) is 8.87. The van der Waals surface area contributed by atoms with E-state index < -0.39 is 0 Å². The number of ether oxygens (including phenoxy) is 1. The van der Waals surface area contributed by atoms with Gasteiger partial charge in [-0.3, -0.25) is 0 Å². The maximum absolute atomic E-state index is 11.7. The number of hydrogen-bond acceptors (Lipinski definition) is 2. The second kappa shape index (κ2) is 12.7. The van der Waals surface area contributed by atoms with Gasteiger partial charge in [-0.2, -0.15) is 0 Å². The summed E-state index contributed by atoms with van der Waals surface area (Å²) in [5, 5.41) is 0.760. The first-order valence-electron chi connectivity index (χ1n) is 7.17. The highest BCUT2D eigenvalue weighted by atomic mass is 79.9. The fourth-order valence-electron chi connectivity index (χ4n) is 1.72. The fourth-order valence-corrected chi connectivity index (χ4v) is 1.79. The molecular weight excluding hydrogens is 342 g/mol. The van der Waals surface area contributed by atoms with Gasteiger partial charge in [-0.15, -0.1) is 0 Å². The SMILES string of the molecule is CCCCCCCOC(=O)C[N+](C)(C)CC=C(C)Cl.[Br-]. The molecule has 0 aliphatic carbocycles. The lowest BCUT2D eigenvalue weighted by atomic mass is 10.2. The molecule has 0 aromatic carbocycles. The van der Waals surface area contributed by atoms with Gasteiger partial charge in [0.15, 0.2) is 6.54 Å². The average Bonchev–Trinajstić information content (AvgIpc) is 2.31. The van der Waals surface area contributed by atoms with E-state index in [4.69, 9.17) is 16.3 Å². The van der Waals surface area contributed by atoms with E-state index >= 15 is 0 Å². The lowest BCUT2D eigenvalue weighted by Crippen LogP contribution is -3.00. The molecule has 0 radical (unpaired) electrons. The molecule has 0 N–H and O–H groups in total. The molecular formula is C15H29BrClNO2. The summed E-state index contributed by atoms with van der Waals surface area (Å²) in [6.07, 6.45) is 7.78. The molecule has 0 aromatic heterocycles. The number of halogens is 2. The average molecular weight is 371 g/mol. The summed E-state index contributed by atoms with van der Waals surface area (Å²) in [5.41, 5.74) is 0. The predicted octanol–water partition coefficient (Wildman–Crippen LogP) is 0.723. The van der Waals surface area contributed by atoms with E-state index in [1.807, 2.05) is 27.1 Å². The summed E-state index contributed by atoms with van der Waals surface area (Å²) >= 11 is 5.80. The molecule has 5 heteroatoms. The van der Waals surface area contributed by atoms with Crippen molar-refractivity contribution < 1.29 is 31.0 Å². The van der Waals surface area contributed by atoms with E-state index in [0.29, 0.717) is 17.6 Å². The summed E-state index contributed by atoms with van der Waals surface area (Å²) in [6, 6.07) is 0. The number of carbonyl (C=O) groups excluding carboxylic acids is 1. The van der Waals surface area contributed by atoms with Crippen molar-refractivity contribution in [2.45, 2.75) is 46.0 Å². The number of quaternary nitrogens is 1. The molecule has 0 aromatic rings. The maximum Gasteiger partial charge on any atom is 0.361 e. The number of nitrogens with zero attached hydrogens (tertiary/aromatic N) is 1. The van der Waals surface area contributed by atoms with Crippen LogP contribution in [0, 0.1) is 0 Å². The van der Waals surface area contributed by atoms with Crippen molar-refractivity contribution in [2.75, 3.05) is 33.8 Å². The molecule has 0 atom stereocenters. The Hall–Kier alpha value is -0.0600. The lowest BCUT2D eigenvalue weighted by Gasteiger charge is -2.27. The monoisotopic (exact) mass is 369 g/mol. The van der Waals surface area contributed by atoms with Gasteiger partial charge < -0.3 is 26.2 Å². The van der Waals surface area contributed by atoms with Crippen LogP contribution in [0.25, 0.3) is 0 Å². The zero-order valence-electron chi connectivity index (χ0n) is 13.3. The minimum absolute atomic E-state index is 0. The van der Waals surface area contributed by atoms with Gasteiger partial charge in [0.2, 0.25) is 0 Å². The Labute approximate surface area is 139 Å². The van der Waals surface area contributed by atoms with Gasteiger partial charge in [0.05, 0.1) is 27.2 Å². The minimum Gasteiger partial charge on any atom is -1.00 e. The number of unbranched alkanes of at least 4 members (excludes halogenated alkanes) is 4. The number of esters is 1. The highest BCUT2D eigenvalue weighted by molar-refractivity contribution is 6.29. The van der Waals surface area contributed by atoms with Gasteiger partial charge >= 0.3 is 5.97 Å². The first-order valence-corrected chi connectivity index (χ1v) is 7.55. The lowest BCUT2D eigenvalue weighted by molar-refractivity contribution is -0.877. The summed E-state index contributed by atoms with van der Waals surface area (Å²) in [5.74, 6) is -0.124. The van der Waals surface area contributed by atoms with Crippen LogP contribution in [-0.2, 0) is 9.53 Å². The van der Waals surface area contributed by atoms with Crippen molar-refractivity contribution in [2.24, 2.45) is 0 Å². The molecule has 120 valence electrons. The normalized spacial score (nSPS) is 11.9. The number of hydrogen-bond donors (Lipinski definition) is 0. The van der Waals surface area contributed by atoms with E-state index in [9.17, 15) is 4.79 Å². The quantitative estimate of drug-likeness (QED) is 0.322. The molecule has 0 fully saturated rings. The number of rotatable bonds is 10. The number of likely N-dealkylation sites (N-methyl/N-ethyl adjacent to an activating group) is 1. The predicted molar refractivity (Wildman–Crippen MR) is 81.2 cm³/mol. The van der Waals surface area contributed by atoms with Gasteiger partial charge in [0, 0.05) is 5.03 Å². The van der Waals surface area contributed by atoms with Crippen molar-refractivity contribution >= 4 is 17.6 Å².